The Hall–Kier alpha value is -3.12. The normalized spacial score (nSPS) is 11.5. The number of aromatic nitrogens is 1. The number of rotatable bonds is 15. The van der Waals surface area contributed by atoms with Crippen molar-refractivity contribution in [2.24, 2.45) is 5.41 Å². The van der Waals surface area contributed by atoms with Crippen LogP contribution in [0.3, 0.4) is 0 Å². The Morgan fingerprint density at radius 1 is 1.00 bits per heavy atom. The van der Waals surface area contributed by atoms with E-state index in [9.17, 15) is 9.59 Å². The van der Waals surface area contributed by atoms with Gasteiger partial charge in [-0.3, -0.25) is 15.0 Å². The van der Waals surface area contributed by atoms with Crippen LogP contribution in [0.5, 0.6) is 0 Å². The van der Waals surface area contributed by atoms with Gasteiger partial charge in [-0.1, -0.05) is 57.0 Å². The molecule has 3 N–H and O–H groups in total. The summed E-state index contributed by atoms with van der Waals surface area (Å²) in [5, 5.41) is 1.23. The number of fused-ring (bicyclic) bond motifs is 1. The first-order valence-electron chi connectivity index (χ1n) is 12.1. The molecule has 3 aromatic rings. The number of nitrogens with one attached hydrogen (secondary N) is 3. The molecule has 0 saturated heterocycles. The van der Waals surface area contributed by atoms with Crippen molar-refractivity contribution < 1.29 is 14.3 Å². The highest BCUT2D eigenvalue weighted by molar-refractivity contribution is 5.89. The van der Waals surface area contributed by atoms with Gasteiger partial charge >= 0.3 is 0 Å². The maximum atomic E-state index is 10.7. The predicted octanol–water partition coefficient (Wildman–Crippen LogP) is 5.24. The van der Waals surface area contributed by atoms with Gasteiger partial charge < -0.3 is 9.72 Å². The zero-order valence-corrected chi connectivity index (χ0v) is 20.6. The summed E-state index contributed by atoms with van der Waals surface area (Å²) in [5.41, 5.74) is 12.6. The van der Waals surface area contributed by atoms with E-state index in [1.54, 1.807) is 0 Å². The van der Waals surface area contributed by atoms with Crippen LogP contribution in [0.25, 0.3) is 22.0 Å². The minimum atomic E-state index is -0.141. The maximum Gasteiger partial charge on any atom is 0.293 e. The van der Waals surface area contributed by atoms with Crippen molar-refractivity contribution in [1.29, 1.82) is 0 Å². The van der Waals surface area contributed by atoms with E-state index in [-0.39, 0.29) is 5.41 Å². The summed E-state index contributed by atoms with van der Waals surface area (Å²) in [4.78, 5) is 24.4. The molecule has 0 aliphatic carbocycles. The SMILES string of the molecule is Cc1[nH]c2ccc(-c3cccc(CCCCCCNNC=O)c3)cc2c1CC(C)(C)COC=O. The third-order valence-electron chi connectivity index (χ3n) is 6.26. The van der Waals surface area contributed by atoms with Crippen molar-refractivity contribution in [2.45, 2.75) is 59.3 Å². The van der Waals surface area contributed by atoms with Crippen LogP contribution in [-0.2, 0) is 27.2 Å². The third-order valence-corrected chi connectivity index (χ3v) is 6.26. The van der Waals surface area contributed by atoms with Gasteiger partial charge in [0.2, 0.25) is 6.41 Å². The van der Waals surface area contributed by atoms with Crippen molar-refractivity contribution in [3.63, 3.8) is 0 Å². The van der Waals surface area contributed by atoms with Gasteiger partial charge in [0.15, 0.2) is 0 Å². The number of ether oxygens (including phenoxy) is 1. The number of carbonyl (C=O) groups is 2. The van der Waals surface area contributed by atoms with Crippen LogP contribution in [0.1, 0.15) is 56.4 Å². The van der Waals surface area contributed by atoms with E-state index < -0.39 is 0 Å². The maximum absolute atomic E-state index is 10.7. The molecule has 0 spiro atoms. The summed E-state index contributed by atoms with van der Waals surface area (Å²) < 4.78 is 5.07. The van der Waals surface area contributed by atoms with Crippen molar-refractivity contribution in [3.05, 3.63) is 59.3 Å². The fourth-order valence-corrected chi connectivity index (χ4v) is 4.50. The molecule has 1 aromatic heterocycles. The highest BCUT2D eigenvalue weighted by Gasteiger charge is 2.23. The van der Waals surface area contributed by atoms with E-state index in [0.717, 1.165) is 49.9 Å². The van der Waals surface area contributed by atoms with E-state index in [1.807, 2.05) is 0 Å². The number of amides is 1. The second kappa shape index (κ2) is 12.4. The molecule has 6 nitrogen and oxygen atoms in total. The summed E-state index contributed by atoms with van der Waals surface area (Å²) in [6, 6.07) is 15.5. The molecular formula is C28H37N3O3. The lowest BCUT2D eigenvalue weighted by molar-refractivity contribution is -0.131. The van der Waals surface area contributed by atoms with E-state index in [0.29, 0.717) is 19.5 Å². The van der Waals surface area contributed by atoms with Gasteiger partial charge in [0, 0.05) is 28.6 Å². The number of H-pyrrole nitrogens is 1. The Labute approximate surface area is 202 Å². The molecule has 0 fully saturated rings. The number of benzene rings is 2. The molecule has 0 atom stereocenters. The number of unbranched alkanes of at least 4 members (excludes halogenated alkanes) is 3. The highest BCUT2D eigenvalue weighted by atomic mass is 16.5. The molecular weight excluding hydrogens is 426 g/mol. The average molecular weight is 464 g/mol. The second-order valence-corrected chi connectivity index (χ2v) is 9.79. The summed E-state index contributed by atoms with van der Waals surface area (Å²) in [5.74, 6) is 0. The van der Waals surface area contributed by atoms with Crippen LogP contribution in [0.4, 0.5) is 0 Å². The zero-order valence-electron chi connectivity index (χ0n) is 20.6. The summed E-state index contributed by atoms with van der Waals surface area (Å²) in [7, 11) is 0. The van der Waals surface area contributed by atoms with Crippen molar-refractivity contribution in [1.82, 2.24) is 15.8 Å². The number of carbonyl (C=O) groups excluding carboxylic acids is 2. The topological polar surface area (TPSA) is 83.2 Å². The molecule has 182 valence electrons. The molecule has 0 radical (unpaired) electrons. The van der Waals surface area contributed by atoms with Crippen LogP contribution in [0, 0.1) is 12.3 Å². The smallest absolute Gasteiger partial charge is 0.293 e. The molecule has 2 aromatic carbocycles. The fourth-order valence-electron chi connectivity index (χ4n) is 4.50. The minimum Gasteiger partial charge on any atom is -0.467 e. The molecule has 34 heavy (non-hydrogen) atoms. The van der Waals surface area contributed by atoms with Crippen LogP contribution in [0.2, 0.25) is 0 Å². The summed E-state index contributed by atoms with van der Waals surface area (Å²) >= 11 is 0. The summed E-state index contributed by atoms with van der Waals surface area (Å²) in [6.07, 6.45) is 7.09. The Kier molecular flexibility index (Phi) is 9.28. The van der Waals surface area contributed by atoms with Gasteiger partial charge in [0.05, 0.1) is 6.61 Å². The minimum absolute atomic E-state index is 0.141. The number of aryl methyl sites for hydroxylation is 2. The zero-order chi connectivity index (χ0) is 24.4. The standard InChI is InChI=1S/C28H37N3O3/c1-21-26(17-28(2,3)18-34-20-33)25-16-24(12-13-27(25)31-21)23-11-8-10-22(15-23)9-6-4-5-7-14-29-30-19-32/h8,10-13,15-16,19-20,29,31H,4-7,9,14,17-18H2,1-3H3,(H,30,32). The molecule has 0 saturated carbocycles. The monoisotopic (exact) mass is 463 g/mol. The highest BCUT2D eigenvalue weighted by Crippen LogP contribution is 2.33. The van der Waals surface area contributed by atoms with Crippen molar-refractivity contribution in [3.8, 4) is 11.1 Å². The van der Waals surface area contributed by atoms with Crippen LogP contribution in [0.15, 0.2) is 42.5 Å². The Morgan fingerprint density at radius 3 is 2.59 bits per heavy atom. The molecule has 0 unspecified atom stereocenters. The molecule has 0 bridgehead atoms. The lowest BCUT2D eigenvalue weighted by atomic mass is 9.85. The van der Waals surface area contributed by atoms with E-state index in [2.05, 4.69) is 79.1 Å². The fraction of sp³-hybridized carbons (Fsp3) is 0.429. The van der Waals surface area contributed by atoms with E-state index >= 15 is 0 Å². The predicted molar refractivity (Wildman–Crippen MR) is 137 cm³/mol. The van der Waals surface area contributed by atoms with Gasteiger partial charge in [-0.25, -0.2) is 5.43 Å². The average Bonchev–Trinajstić information content (AvgIpc) is 3.13. The van der Waals surface area contributed by atoms with E-state index in [4.69, 9.17) is 4.74 Å². The largest absolute Gasteiger partial charge is 0.467 e. The van der Waals surface area contributed by atoms with Crippen molar-refractivity contribution in [2.75, 3.05) is 13.2 Å². The first-order chi connectivity index (χ1) is 16.4. The van der Waals surface area contributed by atoms with Crippen LogP contribution < -0.4 is 10.9 Å². The molecule has 3 rings (SSSR count). The van der Waals surface area contributed by atoms with Crippen LogP contribution >= 0.6 is 0 Å². The second-order valence-electron chi connectivity index (χ2n) is 9.79. The molecule has 6 heteroatoms. The Bertz CT molecular complexity index is 1090. The number of hydrazine groups is 1. The lowest BCUT2D eigenvalue weighted by Gasteiger charge is -2.23. The van der Waals surface area contributed by atoms with Gasteiger partial charge in [-0.15, -0.1) is 0 Å². The molecule has 0 aliphatic heterocycles. The van der Waals surface area contributed by atoms with E-state index in [1.165, 1.54) is 34.1 Å². The van der Waals surface area contributed by atoms with Gasteiger partial charge in [-0.2, -0.15) is 0 Å². The number of hydrogen-bond donors (Lipinski definition) is 3. The molecule has 1 heterocycles. The van der Waals surface area contributed by atoms with Crippen LogP contribution in [-0.4, -0.2) is 31.0 Å². The first kappa shape index (κ1) is 25.5. The summed E-state index contributed by atoms with van der Waals surface area (Å²) in [6.45, 7) is 8.09. The van der Waals surface area contributed by atoms with Crippen molar-refractivity contribution >= 4 is 23.8 Å². The molecule has 0 aliphatic rings. The Balaban J connectivity index is 1.68. The third kappa shape index (κ3) is 7.19. The lowest BCUT2D eigenvalue weighted by Crippen LogP contribution is -2.30. The number of aromatic amines is 1. The van der Waals surface area contributed by atoms with Gasteiger partial charge in [0.1, 0.15) is 0 Å². The quantitative estimate of drug-likeness (QED) is 0.164. The Morgan fingerprint density at radius 2 is 1.79 bits per heavy atom. The van der Waals surface area contributed by atoms with Gasteiger partial charge in [-0.05, 0) is 67.0 Å². The molecule has 1 amide bonds. The number of hydrogen-bond acceptors (Lipinski definition) is 4. The van der Waals surface area contributed by atoms with Gasteiger partial charge in [0.25, 0.3) is 6.47 Å². The first-order valence-corrected chi connectivity index (χ1v) is 12.1.